The number of para-hydroxylation sites is 1. The zero-order valence-corrected chi connectivity index (χ0v) is 23.2. The van der Waals surface area contributed by atoms with E-state index >= 15 is 0 Å². The molecule has 2 heterocycles. The maximum Gasteiger partial charge on any atom is 0.246 e. The fourth-order valence-electron chi connectivity index (χ4n) is 3.97. The third-order valence-electron chi connectivity index (χ3n) is 5.88. The zero-order valence-electron chi connectivity index (χ0n) is 21.6. The number of ether oxygens (including phenoxy) is 2. The first-order valence-corrected chi connectivity index (χ1v) is 13.2. The Bertz CT molecular complexity index is 1420. The molecule has 38 heavy (non-hydrogen) atoms. The van der Waals surface area contributed by atoms with Crippen LogP contribution in [0.25, 0.3) is 16.3 Å². The quantitative estimate of drug-likeness (QED) is 0.273. The Balaban J connectivity index is 1.53. The van der Waals surface area contributed by atoms with Crippen molar-refractivity contribution >= 4 is 40.7 Å². The van der Waals surface area contributed by atoms with Gasteiger partial charge in [0, 0.05) is 17.9 Å². The summed E-state index contributed by atoms with van der Waals surface area (Å²) in [5.41, 5.74) is 2.29. The number of anilines is 1. The van der Waals surface area contributed by atoms with Crippen molar-refractivity contribution in [1.82, 2.24) is 14.5 Å². The van der Waals surface area contributed by atoms with Crippen LogP contribution < -0.4 is 14.8 Å². The lowest BCUT2D eigenvalue weighted by Crippen LogP contribution is -2.43. The van der Waals surface area contributed by atoms with Crippen molar-refractivity contribution in [1.29, 1.82) is 0 Å². The number of nitrogens with zero attached hydrogens (tertiary/aromatic N) is 3. The highest BCUT2D eigenvalue weighted by atomic mass is 35.5. The van der Waals surface area contributed by atoms with Gasteiger partial charge in [0.1, 0.15) is 12.2 Å². The number of thiophene rings is 1. The second-order valence-electron chi connectivity index (χ2n) is 8.79. The lowest BCUT2D eigenvalue weighted by molar-refractivity contribution is -0.135. The topological polar surface area (TPSA) is 85.7 Å². The van der Waals surface area contributed by atoms with Gasteiger partial charge in [0.15, 0.2) is 11.5 Å². The van der Waals surface area contributed by atoms with E-state index in [1.165, 1.54) is 11.3 Å². The van der Waals surface area contributed by atoms with Crippen LogP contribution in [0.1, 0.15) is 19.4 Å². The van der Waals surface area contributed by atoms with E-state index in [1.54, 1.807) is 31.3 Å². The van der Waals surface area contributed by atoms with Gasteiger partial charge in [-0.05, 0) is 55.8 Å². The van der Waals surface area contributed by atoms with Gasteiger partial charge in [-0.15, -0.1) is 11.3 Å². The number of methoxy groups -OCH3 is 2. The van der Waals surface area contributed by atoms with E-state index in [0.717, 1.165) is 16.1 Å². The molecule has 0 unspecified atom stereocenters. The van der Waals surface area contributed by atoms with Crippen molar-refractivity contribution in [2.45, 2.75) is 26.3 Å². The number of carbonyl (C=O) groups is 2. The van der Waals surface area contributed by atoms with Crippen molar-refractivity contribution in [3.63, 3.8) is 0 Å². The molecule has 0 bridgehead atoms. The molecule has 0 saturated carbocycles. The molecule has 0 atom stereocenters. The minimum Gasteiger partial charge on any atom is -0.493 e. The lowest BCUT2D eigenvalue weighted by Gasteiger charge is -2.26. The number of rotatable bonds is 10. The van der Waals surface area contributed by atoms with Gasteiger partial charge in [-0.3, -0.25) is 19.5 Å². The molecule has 0 aliphatic heterocycles. The molecule has 2 amide bonds. The van der Waals surface area contributed by atoms with Crippen molar-refractivity contribution in [3.8, 4) is 27.8 Å². The van der Waals surface area contributed by atoms with Gasteiger partial charge in [-0.1, -0.05) is 35.9 Å². The second kappa shape index (κ2) is 12.1. The SMILES string of the molecule is COc1ccc(CC(=O)N(CC(=O)Nc2nc(-c3ccc(Cl)s3)cn2-c2ccccc2)C(C)C)cc1OC. The van der Waals surface area contributed by atoms with Gasteiger partial charge in [0.25, 0.3) is 0 Å². The van der Waals surface area contributed by atoms with Gasteiger partial charge >= 0.3 is 0 Å². The smallest absolute Gasteiger partial charge is 0.246 e. The molecule has 2 aromatic carbocycles. The molecule has 0 radical (unpaired) electrons. The van der Waals surface area contributed by atoms with Gasteiger partial charge in [0.2, 0.25) is 17.8 Å². The predicted octanol–water partition coefficient (Wildman–Crippen LogP) is 5.69. The van der Waals surface area contributed by atoms with Crippen molar-refractivity contribution in [2.75, 3.05) is 26.1 Å². The van der Waals surface area contributed by atoms with Crippen molar-refractivity contribution in [3.05, 3.63) is 76.8 Å². The second-order valence-corrected chi connectivity index (χ2v) is 10.5. The van der Waals surface area contributed by atoms with Crippen LogP contribution in [0.2, 0.25) is 4.34 Å². The van der Waals surface area contributed by atoms with E-state index in [4.69, 9.17) is 21.1 Å². The van der Waals surface area contributed by atoms with Gasteiger partial charge in [0.05, 0.1) is 29.9 Å². The van der Waals surface area contributed by atoms with E-state index in [1.807, 2.05) is 73.1 Å². The summed E-state index contributed by atoms with van der Waals surface area (Å²) in [4.78, 5) is 33.5. The molecule has 10 heteroatoms. The molecule has 0 spiro atoms. The Morgan fingerprint density at radius 1 is 1.05 bits per heavy atom. The summed E-state index contributed by atoms with van der Waals surface area (Å²) in [7, 11) is 3.11. The van der Waals surface area contributed by atoms with Crippen LogP contribution in [-0.2, 0) is 16.0 Å². The number of aromatic nitrogens is 2. The number of carbonyl (C=O) groups excluding carboxylic acids is 2. The van der Waals surface area contributed by atoms with Crippen LogP contribution in [0.4, 0.5) is 5.95 Å². The molecular weight excluding hydrogens is 524 g/mol. The van der Waals surface area contributed by atoms with Crippen LogP contribution in [0, 0.1) is 0 Å². The molecule has 0 aliphatic rings. The highest BCUT2D eigenvalue weighted by Gasteiger charge is 2.23. The van der Waals surface area contributed by atoms with Gasteiger partial charge in [-0.25, -0.2) is 4.98 Å². The Labute approximate surface area is 230 Å². The summed E-state index contributed by atoms with van der Waals surface area (Å²) in [5, 5.41) is 2.90. The normalized spacial score (nSPS) is 10.9. The molecule has 0 saturated heterocycles. The summed E-state index contributed by atoms with van der Waals surface area (Å²) in [6.45, 7) is 3.64. The van der Waals surface area contributed by atoms with Gasteiger partial charge < -0.3 is 14.4 Å². The Morgan fingerprint density at radius 2 is 1.79 bits per heavy atom. The molecular formula is C28H29ClN4O4S. The summed E-state index contributed by atoms with van der Waals surface area (Å²) in [6, 6.07) is 18.5. The fraction of sp³-hybridized carbons (Fsp3) is 0.250. The molecule has 4 rings (SSSR count). The Hall–Kier alpha value is -3.82. The summed E-state index contributed by atoms with van der Waals surface area (Å²) >= 11 is 7.54. The monoisotopic (exact) mass is 552 g/mol. The summed E-state index contributed by atoms with van der Waals surface area (Å²) < 4.78 is 13.1. The lowest BCUT2D eigenvalue weighted by atomic mass is 10.1. The van der Waals surface area contributed by atoms with E-state index in [-0.39, 0.29) is 30.8 Å². The van der Waals surface area contributed by atoms with Crippen LogP contribution in [0.3, 0.4) is 0 Å². The standard InChI is InChI=1S/C28H29ClN4O4S/c1-18(2)32(27(35)15-19-10-11-22(36-3)23(14-19)37-4)17-26(34)31-28-30-21(24-12-13-25(29)38-24)16-33(28)20-8-6-5-7-9-20/h5-14,16,18H,15,17H2,1-4H3,(H,30,31,34). The fourth-order valence-corrected chi connectivity index (χ4v) is 4.97. The number of benzene rings is 2. The molecule has 198 valence electrons. The molecule has 2 aromatic heterocycles. The summed E-state index contributed by atoms with van der Waals surface area (Å²) in [5.74, 6) is 0.960. The third-order valence-corrected chi connectivity index (χ3v) is 7.13. The number of hydrogen-bond donors (Lipinski definition) is 1. The Morgan fingerprint density at radius 3 is 2.42 bits per heavy atom. The molecule has 0 aliphatic carbocycles. The third kappa shape index (κ3) is 6.35. The number of halogens is 1. The highest BCUT2D eigenvalue weighted by molar-refractivity contribution is 7.19. The van der Waals surface area contributed by atoms with Crippen molar-refractivity contribution < 1.29 is 19.1 Å². The van der Waals surface area contributed by atoms with E-state index in [0.29, 0.717) is 27.5 Å². The first kappa shape index (κ1) is 27.2. The number of imidazole rings is 1. The maximum absolute atomic E-state index is 13.2. The van der Waals surface area contributed by atoms with Crippen LogP contribution >= 0.6 is 22.9 Å². The van der Waals surface area contributed by atoms with Crippen LogP contribution in [0.5, 0.6) is 11.5 Å². The average molecular weight is 553 g/mol. The first-order valence-electron chi connectivity index (χ1n) is 12.0. The van der Waals surface area contributed by atoms with Crippen LogP contribution in [0.15, 0.2) is 66.9 Å². The van der Waals surface area contributed by atoms with Gasteiger partial charge in [-0.2, -0.15) is 0 Å². The maximum atomic E-state index is 13.2. The number of hydrogen-bond acceptors (Lipinski definition) is 6. The highest BCUT2D eigenvalue weighted by Crippen LogP contribution is 2.32. The molecule has 4 aromatic rings. The minimum atomic E-state index is -0.349. The molecule has 8 nitrogen and oxygen atoms in total. The van der Waals surface area contributed by atoms with E-state index in [9.17, 15) is 9.59 Å². The summed E-state index contributed by atoms with van der Waals surface area (Å²) in [6.07, 6.45) is 1.98. The first-order chi connectivity index (χ1) is 18.3. The van der Waals surface area contributed by atoms with E-state index < -0.39 is 0 Å². The number of nitrogens with one attached hydrogen (secondary N) is 1. The minimum absolute atomic E-state index is 0.119. The zero-order chi connectivity index (χ0) is 27.2. The molecule has 1 N–H and O–H groups in total. The average Bonchev–Trinajstić information content (AvgIpc) is 3.53. The van der Waals surface area contributed by atoms with Crippen molar-refractivity contribution in [2.24, 2.45) is 0 Å². The van der Waals surface area contributed by atoms with E-state index in [2.05, 4.69) is 10.3 Å². The number of amides is 2. The molecule has 0 fully saturated rings. The predicted molar refractivity (Wildman–Crippen MR) is 151 cm³/mol. The van der Waals surface area contributed by atoms with Crippen LogP contribution in [-0.4, -0.2) is 53.1 Å². The largest absolute Gasteiger partial charge is 0.493 e. The Kier molecular flexibility index (Phi) is 8.70.